The van der Waals surface area contributed by atoms with Crippen molar-refractivity contribution in [2.45, 2.75) is 44.3 Å². The summed E-state index contributed by atoms with van der Waals surface area (Å²) in [7, 11) is 0. The maximum Gasteiger partial charge on any atom is 0.416 e. The van der Waals surface area contributed by atoms with Crippen LogP contribution in [0.4, 0.5) is 13.2 Å². The number of benzene rings is 2. The molecule has 0 spiro atoms. The van der Waals surface area contributed by atoms with Crippen LogP contribution in [0.15, 0.2) is 66.7 Å². The second-order valence-electron chi connectivity index (χ2n) is 8.87. The number of nitrogens with zero attached hydrogens (tertiary/aromatic N) is 3. The number of aromatic nitrogens is 3. The van der Waals surface area contributed by atoms with Gasteiger partial charge in [-0.2, -0.15) is 13.2 Å². The third kappa shape index (κ3) is 5.21. The Kier molecular flexibility index (Phi) is 6.28. The number of nitrogens with one attached hydrogen (secondary N) is 1. The van der Waals surface area contributed by atoms with Crippen LogP contribution in [0.3, 0.4) is 0 Å². The molecule has 1 unspecified atom stereocenters. The molecule has 1 N–H and O–H groups in total. The summed E-state index contributed by atoms with van der Waals surface area (Å²) >= 11 is 0. The van der Waals surface area contributed by atoms with Crippen molar-refractivity contribution >= 4 is 16.9 Å². The van der Waals surface area contributed by atoms with E-state index in [2.05, 4.69) is 9.97 Å². The molecule has 1 amide bonds. The molecule has 8 heteroatoms. The van der Waals surface area contributed by atoms with Gasteiger partial charge in [-0.3, -0.25) is 9.78 Å². The fourth-order valence-corrected chi connectivity index (χ4v) is 4.67. The Bertz CT molecular complexity index is 1300. The minimum atomic E-state index is -4.35. The molecule has 5 rings (SSSR count). The Morgan fingerprint density at radius 1 is 1.00 bits per heavy atom. The molecule has 5 nitrogen and oxygen atoms in total. The average molecular weight is 479 g/mol. The molecule has 0 aliphatic carbocycles. The van der Waals surface area contributed by atoms with E-state index >= 15 is 0 Å². The van der Waals surface area contributed by atoms with Crippen molar-refractivity contribution in [3.8, 4) is 0 Å². The van der Waals surface area contributed by atoms with Crippen molar-refractivity contribution in [3.63, 3.8) is 0 Å². The van der Waals surface area contributed by atoms with Crippen LogP contribution in [0.1, 0.15) is 53.6 Å². The molecule has 0 radical (unpaired) electrons. The lowest BCUT2D eigenvalue weighted by Gasteiger charge is -2.24. The summed E-state index contributed by atoms with van der Waals surface area (Å²) < 4.78 is 38.5. The number of aryl methyl sites for hydroxylation is 1. The number of carbonyl (C=O) groups excluding carboxylic acids is 1. The highest BCUT2D eigenvalue weighted by atomic mass is 19.4. The summed E-state index contributed by atoms with van der Waals surface area (Å²) in [6, 6.07) is 18.6. The number of hydrogen-bond acceptors (Lipinski definition) is 3. The van der Waals surface area contributed by atoms with Gasteiger partial charge in [0.05, 0.1) is 28.3 Å². The minimum absolute atomic E-state index is 0.0721. The second-order valence-corrected chi connectivity index (χ2v) is 8.87. The SMILES string of the molecule is O=C(CCc1nc2ccccc2[nH]1)N1CCCC1c1cccc(Cc2ccc(C(F)(F)F)cc2)n1. The van der Waals surface area contributed by atoms with E-state index in [1.54, 1.807) is 0 Å². The van der Waals surface area contributed by atoms with Gasteiger partial charge in [0.1, 0.15) is 5.82 Å². The van der Waals surface area contributed by atoms with Gasteiger partial charge in [-0.1, -0.05) is 30.3 Å². The van der Waals surface area contributed by atoms with E-state index in [9.17, 15) is 18.0 Å². The van der Waals surface area contributed by atoms with E-state index in [0.717, 1.165) is 58.8 Å². The second kappa shape index (κ2) is 9.52. The first-order chi connectivity index (χ1) is 16.9. The molecular formula is C27H25F3N4O. The smallest absolute Gasteiger partial charge is 0.342 e. The van der Waals surface area contributed by atoms with Gasteiger partial charge in [-0.25, -0.2) is 4.98 Å². The first-order valence-corrected chi connectivity index (χ1v) is 11.7. The number of alkyl halides is 3. The van der Waals surface area contributed by atoms with Crippen molar-refractivity contribution in [1.29, 1.82) is 0 Å². The van der Waals surface area contributed by atoms with Crippen LogP contribution in [-0.2, 0) is 23.8 Å². The quantitative estimate of drug-likeness (QED) is 0.377. The number of para-hydroxylation sites is 2. The molecule has 2 aromatic carbocycles. The molecule has 1 aliphatic heterocycles. The predicted octanol–water partition coefficient (Wildman–Crippen LogP) is 5.86. The van der Waals surface area contributed by atoms with Gasteiger partial charge < -0.3 is 9.88 Å². The van der Waals surface area contributed by atoms with Crippen LogP contribution in [0.2, 0.25) is 0 Å². The van der Waals surface area contributed by atoms with E-state index in [0.29, 0.717) is 25.8 Å². The summed E-state index contributed by atoms with van der Waals surface area (Å²) in [4.78, 5) is 27.6. The standard InChI is InChI=1S/C27H25F3N4O/c28-27(29,30)19-12-10-18(11-13-19)17-20-5-3-8-23(31-20)24-9-4-16-34(24)26(35)15-14-25-32-21-6-1-2-7-22(21)33-25/h1-3,5-8,10-13,24H,4,9,14-17H2,(H,32,33). The fourth-order valence-electron chi connectivity index (χ4n) is 4.67. The number of likely N-dealkylation sites (tertiary alicyclic amines) is 1. The van der Waals surface area contributed by atoms with Gasteiger partial charge in [-0.05, 0) is 54.8 Å². The topological polar surface area (TPSA) is 61.9 Å². The third-order valence-corrected chi connectivity index (χ3v) is 6.42. The summed E-state index contributed by atoms with van der Waals surface area (Å²) in [5.74, 6) is 0.870. The number of pyridine rings is 1. The number of hydrogen-bond donors (Lipinski definition) is 1. The molecule has 0 saturated carbocycles. The first kappa shape index (κ1) is 23.1. The lowest BCUT2D eigenvalue weighted by atomic mass is 10.0. The van der Waals surface area contributed by atoms with Crippen molar-refractivity contribution in [2.24, 2.45) is 0 Å². The van der Waals surface area contributed by atoms with Gasteiger partial charge in [0.15, 0.2) is 0 Å². The molecule has 4 aromatic rings. The molecule has 0 bridgehead atoms. The van der Waals surface area contributed by atoms with Crippen molar-refractivity contribution < 1.29 is 18.0 Å². The monoisotopic (exact) mass is 478 g/mol. The highest BCUT2D eigenvalue weighted by Gasteiger charge is 2.31. The first-order valence-electron chi connectivity index (χ1n) is 11.7. The maximum absolute atomic E-state index is 13.1. The Morgan fingerprint density at radius 3 is 2.57 bits per heavy atom. The summed E-state index contributed by atoms with van der Waals surface area (Å²) in [6.45, 7) is 0.689. The largest absolute Gasteiger partial charge is 0.416 e. The van der Waals surface area contributed by atoms with Crippen molar-refractivity contribution in [1.82, 2.24) is 19.9 Å². The van der Waals surface area contributed by atoms with E-state index in [-0.39, 0.29) is 11.9 Å². The highest BCUT2D eigenvalue weighted by Crippen LogP contribution is 2.32. The lowest BCUT2D eigenvalue weighted by Crippen LogP contribution is -2.31. The molecule has 2 aromatic heterocycles. The highest BCUT2D eigenvalue weighted by molar-refractivity contribution is 5.78. The third-order valence-electron chi connectivity index (χ3n) is 6.42. The summed E-state index contributed by atoms with van der Waals surface area (Å²) in [6.07, 6.45) is -1.27. The number of halogens is 3. The fraction of sp³-hybridized carbons (Fsp3) is 0.296. The van der Waals surface area contributed by atoms with Gasteiger partial charge in [-0.15, -0.1) is 0 Å². The molecular weight excluding hydrogens is 453 g/mol. The van der Waals surface area contributed by atoms with Gasteiger partial charge >= 0.3 is 6.18 Å². The van der Waals surface area contributed by atoms with E-state index in [1.807, 2.05) is 47.4 Å². The predicted molar refractivity (Wildman–Crippen MR) is 127 cm³/mol. The van der Waals surface area contributed by atoms with E-state index < -0.39 is 11.7 Å². The molecule has 180 valence electrons. The van der Waals surface area contributed by atoms with Crippen LogP contribution in [-0.4, -0.2) is 32.3 Å². The molecule has 3 heterocycles. The Morgan fingerprint density at radius 2 is 1.80 bits per heavy atom. The number of imidazole rings is 1. The molecule has 1 aliphatic rings. The zero-order chi connectivity index (χ0) is 24.4. The number of amides is 1. The van der Waals surface area contributed by atoms with Crippen LogP contribution in [0.25, 0.3) is 11.0 Å². The Balaban J connectivity index is 1.25. The van der Waals surface area contributed by atoms with Crippen LogP contribution in [0.5, 0.6) is 0 Å². The summed E-state index contributed by atoms with van der Waals surface area (Å²) in [5, 5.41) is 0. The zero-order valence-corrected chi connectivity index (χ0v) is 19.1. The van der Waals surface area contributed by atoms with Crippen molar-refractivity contribution in [3.05, 3.63) is 95.1 Å². The molecule has 35 heavy (non-hydrogen) atoms. The Hall–Kier alpha value is -3.68. The maximum atomic E-state index is 13.1. The van der Waals surface area contributed by atoms with Crippen LogP contribution >= 0.6 is 0 Å². The van der Waals surface area contributed by atoms with Crippen LogP contribution < -0.4 is 0 Å². The number of rotatable bonds is 6. The number of carbonyl (C=O) groups is 1. The van der Waals surface area contributed by atoms with Gasteiger partial charge in [0, 0.05) is 31.5 Å². The van der Waals surface area contributed by atoms with Gasteiger partial charge in [0.2, 0.25) is 5.91 Å². The van der Waals surface area contributed by atoms with E-state index in [4.69, 9.17) is 4.98 Å². The van der Waals surface area contributed by atoms with E-state index in [1.165, 1.54) is 12.1 Å². The number of fused-ring (bicyclic) bond motifs is 1. The van der Waals surface area contributed by atoms with Crippen LogP contribution in [0, 0.1) is 0 Å². The van der Waals surface area contributed by atoms with Crippen molar-refractivity contribution in [2.75, 3.05) is 6.54 Å². The zero-order valence-electron chi connectivity index (χ0n) is 19.1. The minimum Gasteiger partial charge on any atom is -0.342 e. The van der Waals surface area contributed by atoms with Gasteiger partial charge in [0.25, 0.3) is 0 Å². The lowest BCUT2D eigenvalue weighted by molar-refractivity contribution is -0.137. The average Bonchev–Trinajstić information content (AvgIpc) is 3.50. The molecule has 1 atom stereocenters. The molecule has 1 saturated heterocycles. The normalized spacial score (nSPS) is 16.2. The number of aromatic amines is 1. The Labute approximate surface area is 201 Å². The molecule has 1 fully saturated rings. The summed E-state index contributed by atoms with van der Waals surface area (Å²) in [5.41, 5.74) is 3.54. The number of H-pyrrole nitrogens is 1.